The molecule has 1 heterocycles. The predicted molar refractivity (Wildman–Crippen MR) is 50.0 cm³/mol. The summed E-state index contributed by atoms with van der Waals surface area (Å²) in [4.78, 5) is 2.37. The molecule has 0 saturated carbocycles. The first-order chi connectivity index (χ1) is 5.17. The molecule has 1 aliphatic heterocycles. The van der Waals surface area contributed by atoms with E-state index in [2.05, 4.69) is 18.7 Å². The summed E-state index contributed by atoms with van der Waals surface area (Å²) in [5.74, 6) is 0. The zero-order valence-corrected chi connectivity index (χ0v) is 8.32. The van der Waals surface area contributed by atoms with Crippen LogP contribution in [0.3, 0.4) is 0 Å². The zero-order chi connectivity index (χ0) is 8.32. The second kappa shape index (κ2) is 3.77. The summed E-state index contributed by atoms with van der Waals surface area (Å²) in [7, 11) is 0. The Kier molecular flexibility index (Phi) is 3.20. The highest BCUT2D eigenvalue weighted by Gasteiger charge is 2.33. The van der Waals surface area contributed by atoms with Crippen LogP contribution in [0.15, 0.2) is 0 Å². The van der Waals surface area contributed by atoms with Gasteiger partial charge in [0.05, 0.1) is 5.00 Å². The standard InChI is InChI=1S/C9H18ClN/c1-3-4-7-11-8-5-6-9(11,2)10/h3-8H2,1-2H3. The second-order valence-electron chi connectivity index (χ2n) is 3.59. The van der Waals surface area contributed by atoms with Crippen molar-refractivity contribution in [3.63, 3.8) is 0 Å². The molecule has 66 valence electrons. The van der Waals surface area contributed by atoms with Crippen LogP contribution in [0.2, 0.25) is 0 Å². The largest absolute Gasteiger partial charge is 0.285 e. The molecule has 0 N–H and O–H groups in total. The third-order valence-electron chi connectivity index (χ3n) is 2.50. The lowest BCUT2D eigenvalue weighted by atomic mass is 10.2. The van der Waals surface area contributed by atoms with Gasteiger partial charge in [0.1, 0.15) is 0 Å². The van der Waals surface area contributed by atoms with Gasteiger partial charge < -0.3 is 0 Å². The quantitative estimate of drug-likeness (QED) is 0.471. The van der Waals surface area contributed by atoms with Gasteiger partial charge in [-0.15, -0.1) is 11.6 Å². The molecule has 1 fully saturated rings. The van der Waals surface area contributed by atoms with Gasteiger partial charge in [-0.1, -0.05) is 13.3 Å². The van der Waals surface area contributed by atoms with E-state index < -0.39 is 0 Å². The molecule has 0 aromatic carbocycles. The van der Waals surface area contributed by atoms with Crippen LogP contribution in [0.4, 0.5) is 0 Å². The second-order valence-corrected chi connectivity index (χ2v) is 4.40. The van der Waals surface area contributed by atoms with Gasteiger partial charge in [-0.2, -0.15) is 0 Å². The summed E-state index contributed by atoms with van der Waals surface area (Å²) in [5, 5.41) is 0. The van der Waals surface area contributed by atoms with E-state index in [0.717, 1.165) is 6.42 Å². The average Bonchev–Trinajstić information content (AvgIpc) is 2.25. The predicted octanol–water partition coefficient (Wildman–Crippen LogP) is 2.84. The van der Waals surface area contributed by atoms with E-state index >= 15 is 0 Å². The highest BCUT2D eigenvalue weighted by molar-refractivity contribution is 6.23. The highest BCUT2D eigenvalue weighted by atomic mass is 35.5. The molecule has 1 nitrogen and oxygen atoms in total. The summed E-state index contributed by atoms with van der Waals surface area (Å²) in [6.45, 7) is 6.73. The summed E-state index contributed by atoms with van der Waals surface area (Å²) in [6, 6.07) is 0. The lowest BCUT2D eigenvalue weighted by molar-refractivity contribution is 0.231. The normalized spacial score (nSPS) is 33.0. The third kappa shape index (κ3) is 2.34. The van der Waals surface area contributed by atoms with Crippen LogP contribution in [0.1, 0.15) is 39.5 Å². The smallest absolute Gasteiger partial charge is 0.0932 e. The van der Waals surface area contributed by atoms with E-state index in [1.807, 2.05) is 0 Å². The Bertz CT molecular complexity index is 123. The fraction of sp³-hybridized carbons (Fsp3) is 1.00. The van der Waals surface area contributed by atoms with Gasteiger partial charge >= 0.3 is 0 Å². The van der Waals surface area contributed by atoms with Crippen LogP contribution in [0.5, 0.6) is 0 Å². The van der Waals surface area contributed by atoms with Gasteiger partial charge in [-0.25, -0.2) is 0 Å². The summed E-state index contributed by atoms with van der Waals surface area (Å²) in [5.41, 5.74) is 0. The maximum atomic E-state index is 6.30. The molecule has 11 heavy (non-hydrogen) atoms. The topological polar surface area (TPSA) is 3.24 Å². The van der Waals surface area contributed by atoms with Gasteiger partial charge in [0.15, 0.2) is 0 Å². The number of likely N-dealkylation sites (tertiary alicyclic amines) is 1. The van der Waals surface area contributed by atoms with Crippen molar-refractivity contribution in [3.8, 4) is 0 Å². The molecule has 0 bridgehead atoms. The minimum Gasteiger partial charge on any atom is -0.285 e. The first kappa shape index (κ1) is 9.34. The van der Waals surface area contributed by atoms with E-state index in [1.54, 1.807) is 0 Å². The van der Waals surface area contributed by atoms with Crippen molar-refractivity contribution >= 4 is 11.6 Å². The highest BCUT2D eigenvalue weighted by Crippen LogP contribution is 2.32. The molecule has 1 atom stereocenters. The van der Waals surface area contributed by atoms with Crippen LogP contribution in [0, 0.1) is 0 Å². The molecule has 0 radical (unpaired) electrons. The molecule has 1 rings (SSSR count). The van der Waals surface area contributed by atoms with Crippen molar-refractivity contribution in [2.24, 2.45) is 0 Å². The lowest BCUT2D eigenvalue weighted by Crippen LogP contribution is -2.36. The number of unbranched alkanes of at least 4 members (excludes halogenated alkanes) is 1. The third-order valence-corrected chi connectivity index (χ3v) is 2.93. The minimum atomic E-state index is -0.0326. The Labute approximate surface area is 74.7 Å². The van der Waals surface area contributed by atoms with E-state index in [1.165, 1.54) is 32.4 Å². The van der Waals surface area contributed by atoms with E-state index in [4.69, 9.17) is 11.6 Å². The van der Waals surface area contributed by atoms with E-state index in [0.29, 0.717) is 0 Å². The Morgan fingerprint density at radius 3 is 2.73 bits per heavy atom. The van der Waals surface area contributed by atoms with Gasteiger partial charge in [-0.05, 0) is 39.3 Å². The van der Waals surface area contributed by atoms with Gasteiger partial charge in [0.2, 0.25) is 0 Å². The van der Waals surface area contributed by atoms with Crippen LogP contribution < -0.4 is 0 Å². The molecular weight excluding hydrogens is 158 g/mol. The summed E-state index contributed by atoms with van der Waals surface area (Å²) < 4.78 is 0. The Morgan fingerprint density at radius 2 is 2.27 bits per heavy atom. The Hall–Kier alpha value is 0.250. The van der Waals surface area contributed by atoms with Crippen LogP contribution in [-0.2, 0) is 0 Å². The van der Waals surface area contributed by atoms with Crippen molar-refractivity contribution in [3.05, 3.63) is 0 Å². The van der Waals surface area contributed by atoms with Crippen molar-refractivity contribution in [1.82, 2.24) is 4.90 Å². The summed E-state index contributed by atoms with van der Waals surface area (Å²) >= 11 is 6.30. The lowest BCUT2D eigenvalue weighted by Gasteiger charge is -2.28. The van der Waals surface area contributed by atoms with Crippen LogP contribution in [-0.4, -0.2) is 23.0 Å². The van der Waals surface area contributed by atoms with Gasteiger partial charge in [-0.3, -0.25) is 4.90 Å². The molecule has 1 unspecified atom stereocenters. The minimum absolute atomic E-state index is 0.0326. The number of rotatable bonds is 3. The van der Waals surface area contributed by atoms with Gasteiger partial charge in [0.25, 0.3) is 0 Å². The van der Waals surface area contributed by atoms with Crippen molar-refractivity contribution in [1.29, 1.82) is 0 Å². The molecule has 0 aromatic rings. The van der Waals surface area contributed by atoms with Crippen molar-refractivity contribution < 1.29 is 0 Å². The maximum absolute atomic E-state index is 6.30. The van der Waals surface area contributed by atoms with Crippen molar-refractivity contribution in [2.75, 3.05) is 13.1 Å². The Morgan fingerprint density at radius 1 is 1.55 bits per heavy atom. The van der Waals surface area contributed by atoms with Crippen LogP contribution in [0.25, 0.3) is 0 Å². The van der Waals surface area contributed by atoms with Crippen molar-refractivity contribution in [2.45, 2.75) is 44.5 Å². The first-order valence-electron chi connectivity index (χ1n) is 4.61. The molecule has 2 heteroatoms. The molecule has 0 aromatic heterocycles. The van der Waals surface area contributed by atoms with E-state index in [9.17, 15) is 0 Å². The average molecular weight is 176 g/mol. The number of nitrogens with zero attached hydrogens (tertiary/aromatic N) is 1. The zero-order valence-electron chi connectivity index (χ0n) is 7.57. The Balaban J connectivity index is 2.32. The number of hydrogen-bond acceptors (Lipinski definition) is 1. The fourth-order valence-corrected chi connectivity index (χ4v) is 1.98. The molecule has 0 amide bonds. The molecule has 1 saturated heterocycles. The molecular formula is C9H18ClN. The summed E-state index contributed by atoms with van der Waals surface area (Å²) in [6.07, 6.45) is 4.97. The number of alkyl halides is 1. The SMILES string of the molecule is CCCCN1CCCC1(C)Cl. The number of halogens is 1. The maximum Gasteiger partial charge on any atom is 0.0932 e. The van der Waals surface area contributed by atoms with E-state index in [-0.39, 0.29) is 5.00 Å². The monoisotopic (exact) mass is 175 g/mol. The molecule has 0 aliphatic carbocycles. The first-order valence-corrected chi connectivity index (χ1v) is 4.98. The fourth-order valence-electron chi connectivity index (χ4n) is 1.68. The number of hydrogen-bond donors (Lipinski definition) is 0. The molecule has 1 aliphatic rings. The van der Waals surface area contributed by atoms with Crippen LogP contribution >= 0.6 is 11.6 Å². The molecule has 0 spiro atoms. The van der Waals surface area contributed by atoms with Gasteiger partial charge in [0, 0.05) is 0 Å².